The Morgan fingerprint density at radius 1 is 1.26 bits per heavy atom. The van der Waals surface area contributed by atoms with E-state index in [0.29, 0.717) is 30.9 Å². The second kappa shape index (κ2) is 9.08. The molecular weight excluding hydrogens is 403 g/mol. The lowest BCUT2D eigenvalue weighted by Gasteiger charge is -2.26. The molecule has 1 fully saturated rings. The Hall–Kier alpha value is -2.90. The number of aliphatic hydroxyl groups excluding tert-OH is 3. The van der Waals surface area contributed by atoms with Crippen molar-refractivity contribution in [3.8, 4) is 11.8 Å². The van der Waals surface area contributed by atoms with Gasteiger partial charge >= 0.3 is 0 Å². The average Bonchev–Trinajstić information content (AvgIpc) is 3.24. The molecule has 1 aromatic heterocycles. The van der Waals surface area contributed by atoms with Gasteiger partial charge in [0.2, 0.25) is 0 Å². The predicted molar refractivity (Wildman–Crippen MR) is 113 cm³/mol. The van der Waals surface area contributed by atoms with Gasteiger partial charge in [0.1, 0.15) is 30.2 Å². The molecule has 0 bridgehead atoms. The van der Waals surface area contributed by atoms with E-state index in [9.17, 15) is 14.6 Å². The Kier molecular flexibility index (Phi) is 6.25. The number of benzene rings is 1. The number of rotatable bonds is 5. The molecule has 2 aromatic rings. The molecule has 1 saturated heterocycles. The summed E-state index contributed by atoms with van der Waals surface area (Å²) in [6.45, 7) is 2.20. The SMILES string of the molecule is C[C@H]1O[C@@H](n2cc(C#CCCCO)c3c2N=CN(Nc2ccc(F)cc2)C3)[C@H](O)[C@@H]1O. The third-order valence-corrected chi connectivity index (χ3v) is 5.31. The summed E-state index contributed by atoms with van der Waals surface area (Å²) in [6.07, 6.45) is 1.14. The van der Waals surface area contributed by atoms with Crippen molar-refractivity contribution in [3.63, 3.8) is 0 Å². The van der Waals surface area contributed by atoms with Crippen LogP contribution in [0, 0.1) is 17.7 Å². The fraction of sp³-hybridized carbons (Fsp3) is 0.409. The van der Waals surface area contributed by atoms with Crippen molar-refractivity contribution >= 4 is 17.8 Å². The molecule has 0 unspecified atom stereocenters. The molecule has 3 heterocycles. The van der Waals surface area contributed by atoms with Gasteiger partial charge in [0.25, 0.3) is 0 Å². The van der Waals surface area contributed by atoms with Gasteiger partial charge in [0.15, 0.2) is 6.23 Å². The summed E-state index contributed by atoms with van der Waals surface area (Å²) in [6, 6.07) is 6.00. The summed E-state index contributed by atoms with van der Waals surface area (Å²) in [5.41, 5.74) is 5.42. The molecule has 9 heteroatoms. The molecule has 0 amide bonds. The normalized spacial score (nSPS) is 24.6. The quantitative estimate of drug-likeness (QED) is 0.429. The number of unbranched alkanes of at least 4 members (excludes halogenated alkanes) is 1. The van der Waals surface area contributed by atoms with Crippen molar-refractivity contribution < 1.29 is 24.4 Å². The van der Waals surface area contributed by atoms with Gasteiger partial charge in [-0.05, 0) is 37.6 Å². The van der Waals surface area contributed by atoms with Gasteiger partial charge in [-0.1, -0.05) is 11.8 Å². The lowest BCUT2D eigenvalue weighted by Crippen LogP contribution is -2.31. The Labute approximate surface area is 179 Å². The van der Waals surface area contributed by atoms with Gasteiger partial charge in [0, 0.05) is 30.4 Å². The number of ether oxygens (including phenoxy) is 1. The topological polar surface area (TPSA) is 102 Å². The zero-order valence-electron chi connectivity index (χ0n) is 17.1. The van der Waals surface area contributed by atoms with Gasteiger partial charge in [-0.25, -0.2) is 9.38 Å². The number of hydrazine groups is 1. The molecule has 4 rings (SSSR count). The zero-order valence-corrected chi connectivity index (χ0v) is 17.1. The number of aliphatic hydroxyl groups is 3. The molecule has 164 valence electrons. The van der Waals surface area contributed by atoms with E-state index in [4.69, 9.17) is 9.84 Å². The summed E-state index contributed by atoms with van der Waals surface area (Å²) in [5.74, 6) is 6.44. The minimum absolute atomic E-state index is 0.0747. The van der Waals surface area contributed by atoms with E-state index in [0.717, 1.165) is 11.1 Å². The highest BCUT2D eigenvalue weighted by atomic mass is 19.1. The van der Waals surface area contributed by atoms with Gasteiger partial charge < -0.3 is 24.6 Å². The number of aliphatic imine (C=N–C) groups is 1. The number of anilines is 1. The van der Waals surface area contributed by atoms with Crippen LogP contribution in [0.25, 0.3) is 0 Å². The average molecular weight is 428 g/mol. The van der Waals surface area contributed by atoms with Crippen LogP contribution in [0.4, 0.5) is 15.9 Å². The molecule has 8 nitrogen and oxygen atoms in total. The van der Waals surface area contributed by atoms with Crippen molar-refractivity contribution in [2.24, 2.45) is 4.99 Å². The second-order valence-corrected chi connectivity index (χ2v) is 7.59. The first-order valence-corrected chi connectivity index (χ1v) is 10.2. The Balaban J connectivity index is 1.63. The van der Waals surface area contributed by atoms with Crippen molar-refractivity contribution in [2.45, 2.75) is 50.8 Å². The number of fused-ring (bicyclic) bond motifs is 1. The fourth-order valence-corrected chi connectivity index (χ4v) is 3.63. The predicted octanol–water partition coefficient (Wildman–Crippen LogP) is 1.89. The highest BCUT2D eigenvalue weighted by Crippen LogP contribution is 2.38. The summed E-state index contributed by atoms with van der Waals surface area (Å²) in [7, 11) is 0. The highest BCUT2D eigenvalue weighted by Gasteiger charge is 2.42. The fourth-order valence-electron chi connectivity index (χ4n) is 3.63. The number of halogens is 1. The van der Waals surface area contributed by atoms with Gasteiger partial charge in [-0.2, -0.15) is 0 Å². The van der Waals surface area contributed by atoms with Crippen molar-refractivity contribution in [2.75, 3.05) is 12.0 Å². The first-order chi connectivity index (χ1) is 15.0. The van der Waals surface area contributed by atoms with Gasteiger partial charge in [0.05, 0.1) is 18.3 Å². The molecule has 31 heavy (non-hydrogen) atoms. The standard InChI is InChI=1S/C22H25FN4O4/c1-14-19(29)20(30)22(31-14)27-11-15(5-3-2-4-10-28)18-12-26(13-24-21(18)27)25-17-8-6-16(23)7-9-17/h6-9,11,13-14,19-20,22,25,28-30H,2,4,10,12H2,1H3/t14-,19-,20-,22-/m1/s1. The first-order valence-electron chi connectivity index (χ1n) is 10.2. The van der Waals surface area contributed by atoms with Crippen LogP contribution in [0.2, 0.25) is 0 Å². The Morgan fingerprint density at radius 3 is 2.71 bits per heavy atom. The molecule has 0 aliphatic carbocycles. The number of nitrogens with zero attached hydrogens (tertiary/aromatic N) is 3. The Bertz CT molecular complexity index is 1010. The van der Waals surface area contributed by atoms with Crippen molar-refractivity contribution in [1.82, 2.24) is 9.58 Å². The minimum Gasteiger partial charge on any atom is -0.396 e. The number of aromatic nitrogens is 1. The van der Waals surface area contributed by atoms with Crippen LogP contribution in [-0.4, -0.2) is 56.2 Å². The van der Waals surface area contributed by atoms with E-state index in [1.54, 1.807) is 41.2 Å². The third-order valence-electron chi connectivity index (χ3n) is 5.31. The molecule has 0 spiro atoms. The second-order valence-electron chi connectivity index (χ2n) is 7.59. The van der Waals surface area contributed by atoms with Crippen molar-refractivity contribution in [1.29, 1.82) is 0 Å². The van der Waals surface area contributed by atoms with E-state index in [2.05, 4.69) is 22.3 Å². The monoisotopic (exact) mass is 428 g/mol. The van der Waals surface area contributed by atoms with Gasteiger partial charge in [-0.15, -0.1) is 0 Å². The minimum atomic E-state index is -1.09. The molecule has 2 aliphatic heterocycles. The lowest BCUT2D eigenvalue weighted by atomic mass is 10.1. The van der Waals surface area contributed by atoms with E-state index < -0.39 is 24.5 Å². The molecule has 0 radical (unpaired) electrons. The van der Waals surface area contributed by atoms with E-state index >= 15 is 0 Å². The smallest absolute Gasteiger partial charge is 0.164 e. The van der Waals surface area contributed by atoms with Crippen LogP contribution in [-0.2, 0) is 11.3 Å². The molecule has 0 saturated carbocycles. The Morgan fingerprint density at radius 2 is 2.03 bits per heavy atom. The van der Waals surface area contributed by atoms with E-state index in [1.165, 1.54) is 12.1 Å². The van der Waals surface area contributed by atoms with Crippen LogP contribution < -0.4 is 5.43 Å². The summed E-state index contributed by atoms with van der Waals surface area (Å²) in [4.78, 5) is 4.53. The maximum Gasteiger partial charge on any atom is 0.164 e. The zero-order chi connectivity index (χ0) is 22.0. The van der Waals surface area contributed by atoms with Crippen LogP contribution in [0.5, 0.6) is 0 Å². The largest absolute Gasteiger partial charge is 0.396 e. The molecule has 4 atom stereocenters. The number of hydrogen-bond donors (Lipinski definition) is 4. The van der Waals surface area contributed by atoms with E-state index in [-0.39, 0.29) is 12.4 Å². The highest BCUT2D eigenvalue weighted by molar-refractivity contribution is 5.70. The maximum atomic E-state index is 13.2. The van der Waals surface area contributed by atoms with Crippen LogP contribution >= 0.6 is 0 Å². The number of nitrogens with one attached hydrogen (secondary N) is 1. The first kappa shape index (κ1) is 21.3. The summed E-state index contributed by atoms with van der Waals surface area (Å²) in [5, 5.41) is 31.3. The summed E-state index contributed by atoms with van der Waals surface area (Å²) >= 11 is 0. The van der Waals surface area contributed by atoms with Crippen LogP contribution in [0.1, 0.15) is 37.1 Å². The third kappa shape index (κ3) is 4.43. The molecule has 4 N–H and O–H groups in total. The summed E-state index contributed by atoms with van der Waals surface area (Å²) < 4.78 is 20.6. The van der Waals surface area contributed by atoms with Crippen LogP contribution in [0.3, 0.4) is 0 Å². The number of hydrogen-bond acceptors (Lipinski definition) is 7. The van der Waals surface area contributed by atoms with E-state index in [1.807, 2.05) is 0 Å². The lowest BCUT2D eigenvalue weighted by molar-refractivity contribution is -0.0309. The molecule has 2 aliphatic rings. The van der Waals surface area contributed by atoms with Crippen molar-refractivity contribution in [3.05, 3.63) is 47.4 Å². The van der Waals surface area contributed by atoms with Crippen LogP contribution in [0.15, 0.2) is 35.5 Å². The molecule has 1 aromatic carbocycles. The van der Waals surface area contributed by atoms with Gasteiger partial charge in [-0.3, -0.25) is 10.4 Å². The maximum absolute atomic E-state index is 13.2. The molecular formula is C22H25FN4O4.